The van der Waals surface area contributed by atoms with Crippen molar-refractivity contribution in [1.82, 2.24) is 10.2 Å². The molecule has 0 bridgehead atoms. The summed E-state index contributed by atoms with van der Waals surface area (Å²) in [6, 6.07) is 13.8. The molecule has 0 unspecified atom stereocenters. The number of hydrogen-bond donors (Lipinski definition) is 1. The van der Waals surface area contributed by atoms with Gasteiger partial charge in [0.2, 0.25) is 11.8 Å². The molecule has 2 amide bonds. The van der Waals surface area contributed by atoms with E-state index in [2.05, 4.69) is 21.2 Å². The summed E-state index contributed by atoms with van der Waals surface area (Å²) in [6.07, 6.45) is 0.225. The van der Waals surface area contributed by atoms with E-state index in [0.717, 1.165) is 15.6 Å². The number of rotatable bonds is 5. The first-order valence-electron chi connectivity index (χ1n) is 8.05. The largest absolute Gasteiger partial charge is 0.352 e. The maximum atomic E-state index is 12.9. The van der Waals surface area contributed by atoms with Gasteiger partial charge in [0, 0.05) is 30.5 Å². The van der Waals surface area contributed by atoms with Gasteiger partial charge in [0.1, 0.15) is 5.82 Å². The molecule has 4 nitrogen and oxygen atoms in total. The number of likely N-dealkylation sites (tertiary alicyclic amines) is 1. The molecule has 0 aliphatic carbocycles. The van der Waals surface area contributed by atoms with Crippen LogP contribution in [0, 0.1) is 11.7 Å². The number of halogens is 2. The lowest BCUT2D eigenvalue weighted by atomic mass is 10.1. The first-order chi connectivity index (χ1) is 12.0. The van der Waals surface area contributed by atoms with Gasteiger partial charge in [-0.25, -0.2) is 4.39 Å². The molecule has 25 heavy (non-hydrogen) atoms. The van der Waals surface area contributed by atoms with Gasteiger partial charge in [-0.05, 0) is 35.4 Å². The van der Waals surface area contributed by atoms with Crippen LogP contribution in [0.25, 0.3) is 0 Å². The molecule has 1 atom stereocenters. The van der Waals surface area contributed by atoms with Crippen LogP contribution in [0.2, 0.25) is 0 Å². The molecule has 1 aliphatic rings. The van der Waals surface area contributed by atoms with Crippen LogP contribution in [-0.2, 0) is 22.7 Å². The highest BCUT2D eigenvalue weighted by molar-refractivity contribution is 9.10. The Hall–Kier alpha value is -2.21. The number of benzene rings is 2. The van der Waals surface area contributed by atoms with Crippen LogP contribution in [0.5, 0.6) is 0 Å². The molecule has 1 aliphatic heterocycles. The highest BCUT2D eigenvalue weighted by Gasteiger charge is 2.34. The summed E-state index contributed by atoms with van der Waals surface area (Å²) in [6.45, 7) is 1.25. The fourth-order valence-electron chi connectivity index (χ4n) is 2.89. The van der Waals surface area contributed by atoms with E-state index in [9.17, 15) is 14.0 Å². The number of amides is 2. The molecule has 1 N–H and O–H groups in total. The van der Waals surface area contributed by atoms with Crippen LogP contribution in [0.1, 0.15) is 17.5 Å². The smallest absolute Gasteiger partial charge is 0.225 e. The molecule has 0 radical (unpaired) electrons. The van der Waals surface area contributed by atoms with Crippen molar-refractivity contribution in [1.29, 1.82) is 0 Å². The molecule has 0 aromatic heterocycles. The van der Waals surface area contributed by atoms with E-state index in [1.165, 1.54) is 12.1 Å². The van der Waals surface area contributed by atoms with Crippen molar-refractivity contribution >= 4 is 27.7 Å². The maximum absolute atomic E-state index is 12.9. The van der Waals surface area contributed by atoms with Gasteiger partial charge in [-0.15, -0.1) is 0 Å². The van der Waals surface area contributed by atoms with Crippen LogP contribution >= 0.6 is 15.9 Å². The lowest BCUT2D eigenvalue weighted by molar-refractivity contribution is -0.129. The Balaban J connectivity index is 1.54. The fourth-order valence-corrected chi connectivity index (χ4v) is 3.34. The van der Waals surface area contributed by atoms with Gasteiger partial charge in [-0.1, -0.05) is 40.2 Å². The third-order valence-corrected chi connectivity index (χ3v) is 4.72. The Morgan fingerprint density at radius 2 is 1.96 bits per heavy atom. The number of carbonyl (C=O) groups excluding carboxylic acids is 2. The Kier molecular flexibility index (Phi) is 5.48. The standard InChI is InChI=1S/C19H18BrFN2O2/c20-16-3-1-2-14(8-16)11-23-12-15(9-18(23)24)19(25)22-10-13-4-6-17(21)7-5-13/h1-8,15H,9-12H2,(H,22,25)/t15-/m0/s1. The van der Waals surface area contributed by atoms with E-state index >= 15 is 0 Å². The predicted octanol–water partition coefficient (Wildman–Crippen LogP) is 3.25. The third kappa shape index (κ3) is 4.66. The monoisotopic (exact) mass is 404 g/mol. The van der Waals surface area contributed by atoms with E-state index in [0.29, 0.717) is 19.6 Å². The first kappa shape index (κ1) is 17.6. The Labute approximate surface area is 154 Å². The second kappa shape index (κ2) is 7.78. The highest BCUT2D eigenvalue weighted by atomic mass is 79.9. The van der Waals surface area contributed by atoms with Crippen LogP contribution < -0.4 is 5.32 Å². The summed E-state index contributed by atoms with van der Waals surface area (Å²) in [7, 11) is 0. The van der Waals surface area contributed by atoms with Crippen molar-refractivity contribution in [3.8, 4) is 0 Å². The molecular weight excluding hydrogens is 387 g/mol. The highest BCUT2D eigenvalue weighted by Crippen LogP contribution is 2.22. The van der Waals surface area contributed by atoms with Crippen LogP contribution in [-0.4, -0.2) is 23.3 Å². The average molecular weight is 405 g/mol. The van der Waals surface area contributed by atoms with Crippen molar-refractivity contribution in [2.75, 3.05) is 6.54 Å². The molecule has 1 saturated heterocycles. The van der Waals surface area contributed by atoms with E-state index in [4.69, 9.17) is 0 Å². The second-order valence-corrected chi connectivity index (χ2v) is 7.07. The quantitative estimate of drug-likeness (QED) is 0.831. The molecular formula is C19H18BrFN2O2. The van der Waals surface area contributed by atoms with Gasteiger partial charge in [0.05, 0.1) is 5.92 Å². The number of carbonyl (C=O) groups is 2. The lowest BCUT2D eigenvalue weighted by Gasteiger charge is -2.17. The summed E-state index contributed by atoms with van der Waals surface area (Å²) < 4.78 is 13.9. The summed E-state index contributed by atoms with van der Waals surface area (Å²) in [5, 5.41) is 2.83. The zero-order valence-electron chi connectivity index (χ0n) is 13.5. The van der Waals surface area contributed by atoms with Crippen molar-refractivity contribution in [3.05, 3.63) is 69.9 Å². The topological polar surface area (TPSA) is 49.4 Å². The van der Waals surface area contributed by atoms with Crippen LogP contribution in [0.15, 0.2) is 53.0 Å². The van der Waals surface area contributed by atoms with Crippen molar-refractivity contribution in [3.63, 3.8) is 0 Å². The SMILES string of the molecule is O=C(NCc1ccc(F)cc1)[C@H]1CC(=O)N(Cc2cccc(Br)c2)C1. The van der Waals surface area contributed by atoms with Gasteiger partial charge in [0.25, 0.3) is 0 Å². The van der Waals surface area contributed by atoms with E-state index in [1.807, 2.05) is 24.3 Å². The normalized spacial score (nSPS) is 17.0. The molecule has 130 valence electrons. The van der Waals surface area contributed by atoms with Crippen molar-refractivity contribution in [2.24, 2.45) is 5.92 Å². The van der Waals surface area contributed by atoms with Crippen LogP contribution in [0.3, 0.4) is 0 Å². The molecule has 0 spiro atoms. The van der Waals surface area contributed by atoms with Gasteiger partial charge < -0.3 is 10.2 Å². The predicted molar refractivity (Wildman–Crippen MR) is 95.9 cm³/mol. The molecule has 2 aromatic rings. The molecule has 3 rings (SSSR count). The summed E-state index contributed by atoms with van der Waals surface area (Å²) >= 11 is 3.42. The summed E-state index contributed by atoms with van der Waals surface area (Å²) in [5.74, 6) is -0.809. The number of nitrogens with zero attached hydrogens (tertiary/aromatic N) is 1. The lowest BCUT2D eigenvalue weighted by Crippen LogP contribution is -2.32. The van der Waals surface area contributed by atoms with E-state index < -0.39 is 0 Å². The second-order valence-electron chi connectivity index (χ2n) is 6.15. The minimum absolute atomic E-state index is 0.0121. The van der Waals surface area contributed by atoms with Gasteiger partial charge >= 0.3 is 0 Å². The Morgan fingerprint density at radius 1 is 1.20 bits per heavy atom. The van der Waals surface area contributed by atoms with Crippen molar-refractivity contribution in [2.45, 2.75) is 19.5 Å². The minimum Gasteiger partial charge on any atom is -0.352 e. The van der Waals surface area contributed by atoms with Crippen LogP contribution in [0.4, 0.5) is 4.39 Å². The first-order valence-corrected chi connectivity index (χ1v) is 8.85. The zero-order valence-corrected chi connectivity index (χ0v) is 15.1. The third-order valence-electron chi connectivity index (χ3n) is 4.23. The molecule has 1 fully saturated rings. The van der Waals surface area contributed by atoms with Gasteiger partial charge in [0.15, 0.2) is 0 Å². The summed E-state index contributed by atoms with van der Waals surface area (Å²) in [4.78, 5) is 26.2. The van der Waals surface area contributed by atoms with Crippen molar-refractivity contribution < 1.29 is 14.0 Å². The number of nitrogens with one attached hydrogen (secondary N) is 1. The van der Waals surface area contributed by atoms with Gasteiger partial charge in [-0.2, -0.15) is 0 Å². The molecule has 2 aromatic carbocycles. The molecule has 0 saturated carbocycles. The fraction of sp³-hybridized carbons (Fsp3) is 0.263. The Bertz CT molecular complexity index is 779. The number of hydrogen-bond acceptors (Lipinski definition) is 2. The Morgan fingerprint density at radius 3 is 2.68 bits per heavy atom. The maximum Gasteiger partial charge on any atom is 0.225 e. The zero-order chi connectivity index (χ0) is 17.8. The van der Waals surface area contributed by atoms with E-state index in [-0.39, 0.29) is 30.0 Å². The molecule has 6 heteroatoms. The van der Waals surface area contributed by atoms with Gasteiger partial charge in [-0.3, -0.25) is 9.59 Å². The van der Waals surface area contributed by atoms with E-state index in [1.54, 1.807) is 17.0 Å². The summed E-state index contributed by atoms with van der Waals surface area (Å²) in [5.41, 5.74) is 1.85. The minimum atomic E-state index is -0.347. The molecule has 1 heterocycles. The average Bonchev–Trinajstić information content (AvgIpc) is 2.95.